The Morgan fingerprint density at radius 1 is 1.29 bits per heavy atom. The highest BCUT2D eigenvalue weighted by Gasteiger charge is 2.34. The fraction of sp³-hybridized carbons (Fsp3) is 0.250. The Balaban J connectivity index is 1.89. The smallest absolute Gasteiger partial charge is 0.259 e. The number of carbonyl (C=O) groups is 1. The van der Waals surface area contributed by atoms with Crippen molar-refractivity contribution in [3.63, 3.8) is 0 Å². The first-order valence-corrected chi connectivity index (χ1v) is 6.98. The van der Waals surface area contributed by atoms with Gasteiger partial charge in [-0.25, -0.2) is 0 Å². The van der Waals surface area contributed by atoms with E-state index in [2.05, 4.69) is 4.98 Å². The molecule has 3 rings (SSSR count). The van der Waals surface area contributed by atoms with Crippen LogP contribution in [0.2, 0.25) is 0 Å². The average molecular weight is 283 g/mol. The van der Waals surface area contributed by atoms with Crippen LogP contribution in [0.25, 0.3) is 0 Å². The van der Waals surface area contributed by atoms with Gasteiger partial charge >= 0.3 is 0 Å². The molecular weight excluding hydrogens is 266 g/mol. The zero-order valence-electron chi connectivity index (χ0n) is 11.6. The number of nitrogens with zero attached hydrogens (tertiary/aromatic N) is 1. The van der Waals surface area contributed by atoms with Crippen LogP contribution < -0.4 is 11.2 Å². The van der Waals surface area contributed by atoms with Gasteiger partial charge < -0.3 is 15.6 Å². The second kappa shape index (κ2) is 5.44. The van der Waals surface area contributed by atoms with Crippen LogP contribution in [-0.4, -0.2) is 21.8 Å². The predicted octanol–water partition coefficient (Wildman–Crippen LogP) is 1.76. The number of pyridine rings is 1. The van der Waals surface area contributed by atoms with Gasteiger partial charge in [0.2, 0.25) is 0 Å². The molecule has 1 saturated carbocycles. The number of benzene rings is 1. The van der Waals surface area contributed by atoms with Crippen molar-refractivity contribution in [2.75, 3.05) is 5.73 Å². The van der Waals surface area contributed by atoms with Crippen molar-refractivity contribution < 1.29 is 4.79 Å². The summed E-state index contributed by atoms with van der Waals surface area (Å²) in [6.07, 6.45) is 4.94. The van der Waals surface area contributed by atoms with Gasteiger partial charge in [0.15, 0.2) is 5.43 Å². The van der Waals surface area contributed by atoms with Crippen molar-refractivity contribution in [2.45, 2.75) is 25.4 Å². The highest BCUT2D eigenvalue weighted by atomic mass is 16.2. The summed E-state index contributed by atoms with van der Waals surface area (Å²) < 4.78 is 0. The Hall–Kier alpha value is -2.56. The van der Waals surface area contributed by atoms with E-state index in [1.807, 2.05) is 24.3 Å². The number of hydrogen-bond donors (Lipinski definition) is 2. The molecule has 2 aromatic rings. The molecule has 1 heterocycles. The fourth-order valence-electron chi connectivity index (χ4n) is 2.35. The number of aromatic amines is 1. The number of aromatic nitrogens is 1. The van der Waals surface area contributed by atoms with Crippen molar-refractivity contribution in [1.82, 2.24) is 9.88 Å². The monoisotopic (exact) mass is 283 g/mol. The summed E-state index contributed by atoms with van der Waals surface area (Å²) in [7, 11) is 0. The lowest BCUT2D eigenvalue weighted by atomic mass is 10.1. The molecule has 0 bridgehead atoms. The minimum Gasteiger partial charge on any atom is -0.398 e. The Morgan fingerprint density at radius 3 is 2.71 bits per heavy atom. The molecule has 1 fully saturated rings. The number of carbonyl (C=O) groups excluding carboxylic acids is 1. The van der Waals surface area contributed by atoms with Gasteiger partial charge in [-0.1, -0.05) is 18.2 Å². The lowest BCUT2D eigenvalue weighted by Gasteiger charge is -2.23. The molecule has 1 aromatic heterocycles. The third-order valence-electron chi connectivity index (χ3n) is 3.70. The van der Waals surface area contributed by atoms with Crippen LogP contribution in [0, 0.1) is 0 Å². The molecule has 0 spiro atoms. The number of amides is 1. The fourth-order valence-corrected chi connectivity index (χ4v) is 2.35. The molecule has 3 N–H and O–H groups in total. The summed E-state index contributed by atoms with van der Waals surface area (Å²) in [5, 5.41) is 0. The first kappa shape index (κ1) is 13.4. The number of hydrogen-bond acceptors (Lipinski definition) is 3. The van der Waals surface area contributed by atoms with Crippen molar-refractivity contribution in [3.8, 4) is 0 Å². The summed E-state index contributed by atoms with van der Waals surface area (Å²) in [4.78, 5) is 29.0. The van der Waals surface area contributed by atoms with Crippen molar-refractivity contribution >= 4 is 11.6 Å². The molecule has 1 amide bonds. The Morgan fingerprint density at radius 2 is 2.05 bits per heavy atom. The molecule has 5 heteroatoms. The molecule has 0 atom stereocenters. The second-order valence-corrected chi connectivity index (χ2v) is 5.29. The highest BCUT2D eigenvalue weighted by molar-refractivity contribution is 5.94. The zero-order chi connectivity index (χ0) is 14.8. The number of rotatable bonds is 4. The maximum absolute atomic E-state index is 12.6. The van der Waals surface area contributed by atoms with Gasteiger partial charge in [0, 0.05) is 36.7 Å². The predicted molar refractivity (Wildman–Crippen MR) is 80.8 cm³/mol. The SMILES string of the molecule is Nc1ccccc1CN(C(=O)c1c[nH]ccc1=O)C1CC1. The number of H-pyrrole nitrogens is 1. The number of nitrogens with two attached hydrogens (primary N) is 1. The minimum absolute atomic E-state index is 0.180. The molecule has 108 valence electrons. The van der Waals surface area contributed by atoms with E-state index in [1.165, 1.54) is 18.5 Å². The van der Waals surface area contributed by atoms with Gasteiger partial charge in [-0.2, -0.15) is 0 Å². The van der Waals surface area contributed by atoms with Crippen LogP contribution in [0.5, 0.6) is 0 Å². The number of nitrogens with one attached hydrogen (secondary N) is 1. The van der Waals surface area contributed by atoms with Gasteiger partial charge in [0.25, 0.3) is 5.91 Å². The lowest BCUT2D eigenvalue weighted by molar-refractivity contribution is 0.0728. The summed E-state index contributed by atoms with van der Waals surface area (Å²) in [5.41, 5.74) is 7.45. The molecule has 0 saturated heterocycles. The number of anilines is 1. The summed E-state index contributed by atoms with van der Waals surface area (Å²) >= 11 is 0. The maximum Gasteiger partial charge on any atom is 0.259 e. The molecule has 5 nitrogen and oxygen atoms in total. The van der Waals surface area contributed by atoms with Crippen molar-refractivity contribution in [1.29, 1.82) is 0 Å². The van der Waals surface area contributed by atoms with Gasteiger partial charge in [-0.15, -0.1) is 0 Å². The Kier molecular flexibility index (Phi) is 3.48. The van der Waals surface area contributed by atoms with E-state index in [0.29, 0.717) is 12.2 Å². The third-order valence-corrected chi connectivity index (χ3v) is 3.70. The van der Waals surface area contributed by atoms with Crippen molar-refractivity contribution in [2.24, 2.45) is 0 Å². The van der Waals surface area contributed by atoms with Crippen LogP contribution in [0.1, 0.15) is 28.8 Å². The van der Waals surface area contributed by atoms with Gasteiger partial charge in [-0.3, -0.25) is 9.59 Å². The summed E-state index contributed by atoms with van der Waals surface area (Å²) in [6, 6.07) is 9.07. The van der Waals surface area contributed by atoms with Crippen LogP contribution in [-0.2, 0) is 6.54 Å². The molecular formula is C16H17N3O2. The molecule has 1 aliphatic carbocycles. The summed E-state index contributed by atoms with van der Waals surface area (Å²) in [6.45, 7) is 0.435. The standard InChI is InChI=1S/C16H17N3O2/c17-14-4-2-1-3-11(14)10-19(12-5-6-12)16(21)13-9-18-8-7-15(13)20/h1-4,7-9,12H,5-6,10,17H2,(H,18,20). The third kappa shape index (κ3) is 2.81. The van der Waals surface area contributed by atoms with E-state index in [4.69, 9.17) is 5.73 Å². The molecule has 0 aliphatic heterocycles. The van der Waals surface area contributed by atoms with Crippen LogP contribution in [0.3, 0.4) is 0 Å². The summed E-state index contributed by atoms with van der Waals surface area (Å²) in [5.74, 6) is -0.234. The topological polar surface area (TPSA) is 79.2 Å². The quantitative estimate of drug-likeness (QED) is 0.839. The van der Waals surface area contributed by atoms with Gasteiger partial charge in [0.05, 0.1) is 0 Å². The van der Waals surface area contributed by atoms with Crippen LogP contribution in [0.15, 0.2) is 47.5 Å². The van der Waals surface area contributed by atoms with E-state index in [9.17, 15) is 9.59 Å². The van der Waals surface area contributed by atoms with Crippen LogP contribution >= 0.6 is 0 Å². The van der Waals surface area contributed by atoms with E-state index in [0.717, 1.165) is 18.4 Å². The molecule has 1 aromatic carbocycles. The van der Waals surface area contributed by atoms with Gasteiger partial charge in [-0.05, 0) is 24.5 Å². The van der Waals surface area contributed by atoms with Crippen LogP contribution in [0.4, 0.5) is 5.69 Å². The first-order valence-electron chi connectivity index (χ1n) is 6.98. The maximum atomic E-state index is 12.6. The number of nitrogen functional groups attached to an aromatic ring is 1. The zero-order valence-corrected chi connectivity index (χ0v) is 11.6. The second-order valence-electron chi connectivity index (χ2n) is 5.29. The normalized spacial score (nSPS) is 13.9. The Bertz CT molecular complexity index is 719. The average Bonchev–Trinajstić information content (AvgIpc) is 3.31. The molecule has 0 radical (unpaired) electrons. The van der Waals surface area contributed by atoms with Crippen molar-refractivity contribution in [3.05, 3.63) is 64.1 Å². The number of para-hydroxylation sites is 1. The molecule has 21 heavy (non-hydrogen) atoms. The van der Waals surface area contributed by atoms with E-state index >= 15 is 0 Å². The largest absolute Gasteiger partial charge is 0.398 e. The van der Waals surface area contributed by atoms with E-state index in [1.54, 1.807) is 4.90 Å². The minimum atomic E-state index is -0.259. The Labute approximate surface area is 122 Å². The first-order chi connectivity index (χ1) is 10.2. The molecule has 1 aliphatic rings. The highest BCUT2D eigenvalue weighted by Crippen LogP contribution is 2.30. The lowest BCUT2D eigenvalue weighted by Crippen LogP contribution is -2.35. The van der Waals surface area contributed by atoms with Gasteiger partial charge in [0.1, 0.15) is 5.56 Å². The van der Waals surface area contributed by atoms with E-state index in [-0.39, 0.29) is 22.9 Å². The van der Waals surface area contributed by atoms with E-state index < -0.39 is 0 Å². The molecule has 0 unspecified atom stereocenters.